The Labute approximate surface area is 157 Å². The molecule has 10 atom stereocenters. The van der Waals surface area contributed by atoms with E-state index in [1.54, 1.807) is 0 Å². The summed E-state index contributed by atoms with van der Waals surface area (Å²) < 4.78 is 0. The number of rotatable bonds is 1. The van der Waals surface area contributed by atoms with E-state index < -0.39 is 0 Å². The normalized spacial score (nSPS) is 57.2. The van der Waals surface area contributed by atoms with Gasteiger partial charge in [-0.1, -0.05) is 25.3 Å². The molecule has 2 heteroatoms. The zero-order chi connectivity index (χ0) is 18.4. The summed E-state index contributed by atoms with van der Waals surface area (Å²) in [5, 5.41) is 10.1. The van der Waals surface area contributed by atoms with E-state index in [9.17, 15) is 9.90 Å². The lowest BCUT2D eigenvalue weighted by Crippen LogP contribution is -2.52. The van der Waals surface area contributed by atoms with E-state index in [1.807, 2.05) is 6.08 Å². The van der Waals surface area contributed by atoms with Gasteiger partial charge in [0.25, 0.3) is 0 Å². The van der Waals surface area contributed by atoms with Crippen molar-refractivity contribution in [3.63, 3.8) is 0 Å². The van der Waals surface area contributed by atoms with Gasteiger partial charge in [0.1, 0.15) is 0 Å². The minimum Gasteiger partial charge on any atom is -0.396 e. The summed E-state index contributed by atoms with van der Waals surface area (Å²) >= 11 is 0. The Morgan fingerprint density at radius 3 is 2.73 bits per heavy atom. The topological polar surface area (TPSA) is 37.3 Å². The summed E-state index contributed by atoms with van der Waals surface area (Å²) in [4.78, 5) is 12.0. The second-order valence-corrected chi connectivity index (χ2v) is 10.5. The van der Waals surface area contributed by atoms with Gasteiger partial charge in [0.2, 0.25) is 0 Å². The van der Waals surface area contributed by atoms with Crippen molar-refractivity contribution < 1.29 is 9.90 Å². The lowest BCUT2D eigenvalue weighted by Gasteiger charge is -2.58. The number of carbonyl (C=O) groups is 1. The van der Waals surface area contributed by atoms with Crippen LogP contribution in [0.4, 0.5) is 0 Å². The van der Waals surface area contributed by atoms with Crippen LogP contribution in [-0.2, 0) is 4.79 Å². The van der Waals surface area contributed by atoms with Crippen LogP contribution in [0, 0.1) is 70.5 Å². The predicted octanol–water partition coefficient (Wildman–Crippen LogP) is 4.09. The standard InChI is InChI=1S/C24H32O2/c1-5-23(3)21-13(2)20(21)22-19-10-14(12-25)18-11-15(26)6-7-16(18)17(19)8-9-24(22,23)4/h1,11,13-14,16-17,19-22,25H,6-10,12H2,2-4H3/t13?,14?,16?,17?,19?,20?,21?,22?,23-,24?/m0/s1. The maximum Gasteiger partial charge on any atom is 0.155 e. The van der Waals surface area contributed by atoms with E-state index in [1.165, 1.54) is 18.4 Å². The van der Waals surface area contributed by atoms with Crippen molar-refractivity contribution in [3.8, 4) is 12.3 Å². The van der Waals surface area contributed by atoms with E-state index in [-0.39, 0.29) is 29.1 Å². The molecule has 0 spiro atoms. The van der Waals surface area contributed by atoms with Crippen LogP contribution in [0.15, 0.2) is 11.6 Å². The molecule has 1 N–H and O–H groups in total. The van der Waals surface area contributed by atoms with Gasteiger partial charge in [-0.2, -0.15) is 0 Å². The van der Waals surface area contributed by atoms with Crippen LogP contribution in [0.1, 0.15) is 52.9 Å². The molecule has 5 rings (SSSR count). The molecule has 5 aliphatic carbocycles. The van der Waals surface area contributed by atoms with Gasteiger partial charge in [-0.25, -0.2) is 0 Å². The van der Waals surface area contributed by atoms with Gasteiger partial charge in [0.05, 0.1) is 0 Å². The highest BCUT2D eigenvalue weighted by atomic mass is 16.3. The van der Waals surface area contributed by atoms with E-state index in [0.717, 1.165) is 24.7 Å². The molecule has 5 aliphatic rings. The van der Waals surface area contributed by atoms with Crippen LogP contribution < -0.4 is 0 Å². The Balaban J connectivity index is 1.56. The quantitative estimate of drug-likeness (QED) is 0.722. The molecular formula is C24H32O2. The van der Waals surface area contributed by atoms with E-state index in [4.69, 9.17) is 6.42 Å². The van der Waals surface area contributed by atoms with Crippen molar-refractivity contribution in [1.82, 2.24) is 0 Å². The zero-order valence-corrected chi connectivity index (χ0v) is 16.4. The highest BCUT2D eigenvalue weighted by molar-refractivity contribution is 5.91. The van der Waals surface area contributed by atoms with Crippen LogP contribution in [0.3, 0.4) is 0 Å². The highest BCUT2D eigenvalue weighted by Gasteiger charge is 2.77. The first-order valence-corrected chi connectivity index (χ1v) is 10.7. The first kappa shape index (κ1) is 17.1. The number of aliphatic hydroxyl groups is 1. The van der Waals surface area contributed by atoms with E-state index >= 15 is 0 Å². The van der Waals surface area contributed by atoms with Gasteiger partial charge >= 0.3 is 0 Å². The minimum atomic E-state index is 0.0279. The van der Waals surface area contributed by atoms with Crippen molar-refractivity contribution in [1.29, 1.82) is 0 Å². The van der Waals surface area contributed by atoms with Crippen molar-refractivity contribution in [2.45, 2.75) is 52.9 Å². The molecule has 4 fully saturated rings. The second kappa shape index (κ2) is 5.26. The summed E-state index contributed by atoms with van der Waals surface area (Å²) in [6.07, 6.45) is 13.3. The van der Waals surface area contributed by atoms with Crippen LogP contribution in [-0.4, -0.2) is 17.5 Å². The molecule has 0 radical (unpaired) electrons. The molecule has 0 aromatic carbocycles. The highest BCUT2D eigenvalue weighted by Crippen LogP contribution is 2.80. The summed E-state index contributed by atoms with van der Waals surface area (Å²) in [5.74, 6) is 8.57. The average Bonchev–Trinajstić information content (AvgIpc) is 3.23. The lowest BCUT2D eigenvalue weighted by molar-refractivity contribution is -0.116. The number of carbonyl (C=O) groups excluding carboxylic acids is 1. The van der Waals surface area contributed by atoms with Crippen molar-refractivity contribution in [2.24, 2.45) is 58.2 Å². The Morgan fingerprint density at radius 1 is 1.27 bits per heavy atom. The van der Waals surface area contributed by atoms with Gasteiger partial charge in [0, 0.05) is 24.4 Å². The third kappa shape index (κ3) is 1.82. The summed E-state index contributed by atoms with van der Waals surface area (Å²) in [6.45, 7) is 7.45. The van der Waals surface area contributed by atoms with Gasteiger partial charge in [0.15, 0.2) is 5.78 Å². The maximum absolute atomic E-state index is 12.0. The Bertz CT molecular complexity index is 729. The van der Waals surface area contributed by atoms with Crippen LogP contribution in [0.25, 0.3) is 0 Å². The third-order valence-electron chi connectivity index (χ3n) is 9.98. The molecule has 26 heavy (non-hydrogen) atoms. The largest absolute Gasteiger partial charge is 0.396 e. The molecule has 0 amide bonds. The molecule has 0 bridgehead atoms. The first-order valence-electron chi connectivity index (χ1n) is 10.7. The first-order chi connectivity index (χ1) is 12.4. The summed E-state index contributed by atoms with van der Waals surface area (Å²) in [7, 11) is 0. The Hall–Kier alpha value is -1.07. The molecule has 9 unspecified atom stereocenters. The number of ketones is 1. The van der Waals surface area contributed by atoms with Crippen molar-refractivity contribution in [2.75, 3.05) is 6.61 Å². The van der Waals surface area contributed by atoms with Crippen LogP contribution in [0.5, 0.6) is 0 Å². The summed E-state index contributed by atoms with van der Waals surface area (Å²) in [6, 6.07) is 0. The second-order valence-electron chi connectivity index (χ2n) is 10.5. The zero-order valence-electron chi connectivity index (χ0n) is 16.4. The van der Waals surface area contributed by atoms with E-state index in [0.29, 0.717) is 36.0 Å². The fourth-order valence-electron chi connectivity index (χ4n) is 8.68. The molecule has 2 nitrogen and oxygen atoms in total. The molecule has 4 saturated carbocycles. The van der Waals surface area contributed by atoms with Crippen LogP contribution >= 0.6 is 0 Å². The number of hydrogen-bond donors (Lipinski definition) is 1. The molecule has 0 aromatic heterocycles. The third-order valence-corrected chi connectivity index (χ3v) is 9.98. The fourth-order valence-corrected chi connectivity index (χ4v) is 8.68. The average molecular weight is 353 g/mol. The number of terminal acetylenes is 1. The van der Waals surface area contributed by atoms with Gasteiger partial charge in [-0.05, 0) is 85.5 Å². The molecular weight excluding hydrogens is 320 g/mol. The number of fused-ring (bicyclic) bond motifs is 7. The van der Waals surface area contributed by atoms with Crippen molar-refractivity contribution >= 4 is 5.78 Å². The smallest absolute Gasteiger partial charge is 0.155 e. The lowest BCUT2D eigenvalue weighted by atomic mass is 9.46. The van der Waals surface area contributed by atoms with E-state index in [2.05, 4.69) is 26.7 Å². The Kier molecular flexibility index (Phi) is 3.45. The maximum atomic E-state index is 12.0. The molecule has 0 heterocycles. The SMILES string of the molecule is C#C[C@@]1(C)C2C(C)C2C2C3CC(CO)C4=CC(=O)CCC4C3CCC21C. The monoisotopic (exact) mass is 352 g/mol. The molecule has 0 saturated heterocycles. The van der Waals surface area contributed by atoms with Gasteiger partial charge in [-0.3, -0.25) is 4.79 Å². The van der Waals surface area contributed by atoms with Crippen molar-refractivity contribution in [3.05, 3.63) is 11.6 Å². The minimum absolute atomic E-state index is 0.0279. The number of hydrogen-bond acceptors (Lipinski definition) is 2. The predicted molar refractivity (Wildman–Crippen MR) is 102 cm³/mol. The van der Waals surface area contributed by atoms with Crippen LogP contribution in [0.2, 0.25) is 0 Å². The van der Waals surface area contributed by atoms with Gasteiger partial charge in [-0.15, -0.1) is 6.42 Å². The Morgan fingerprint density at radius 2 is 2.04 bits per heavy atom. The molecule has 0 aromatic rings. The molecule has 140 valence electrons. The number of aliphatic hydroxyl groups excluding tert-OH is 1. The van der Waals surface area contributed by atoms with Gasteiger partial charge < -0.3 is 5.11 Å². The molecule has 0 aliphatic heterocycles. The fraction of sp³-hybridized carbons (Fsp3) is 0.792. The summed E-state index contributed by atoms with van der Waals surface area (Å²) in [5.41, 5.74) is 1.56.